The van der Waals surface area contributed by atoms with E-state index in [-0.39, 0.29) is 6.10 Å². The number of hydrogen-bond acceptors (Lipinski definition) is 2. The fourth-order valence-electron chi connectivity index (χ4n) is 3.43. The third-order valence-electron chi connectivity index (χ3n) is 4.66. The molecule has 0 aromatic carbocycles. The molecule has 0 amide bonds. The number of ether oxygens (including phenoxy) is 1. The summed E-state index contributed by atoms with van der Waals surface area (Å²) in [6, 6.07) is 0. The Hall–Kier alpha value is -0.970. The summed E-state index contributed by atoms with van der Waals surface area (Å²) in [5.74, 6) is 3.35. The zero-order chi connectivity index (χ0) is 11.2. The molecule has 3 saturated carbocycles. The van der Waals surface area contributed by atoms with Crippen LogP contribution in [0.1, 0.15) is 33.6 Å². The average molecular weight is 206 g/mol. The number of terminal acetylenes is 1. The van der Waals surface area contributed by atoms with Crippen LogP contribution >= 0.6 is 0 Å². The second kappa shape index (κ2) is 3.27. The lowest BCUT2D eigenvalue weighted by molar-refractivity contribution is -0.181. The molecule has 82 valence electrons. The lowest BCUT2D eigenvalue weighted by Crippen LogP contribution is -2.57. The van der Waals surface area contributed by atoms with Crippen molar-refractivity contribution < 1.29 is 9.53 Å². The standard InChI is InChI=1S/C13H18O2/c1-5-12(14)15-11-7-9-6-10(8(11)2)13(9,3)4/h1,8-11H,6-7H2,2-4H3/t8-,9?,10?,11-/m1/s1. The first-order chi connectivity index (χ1) is 6.96. The van der Waals surface area contributed by atoms with Crippen LogP contribution < -0.4 is 0 Å². The summed E-state index contributed by atoms with van der Waals surface area (Å²) in [4.78, 5) is 11.1. The van der Waals surface area contributed by atoms with E-state index in [1.807, 2.05) is 5.92 Å². The van der Waals surface area contributed by atoms with Crippen LogP contribution in [0.2, 0.25) is 0 Å². The molecule has 2 unspecified atom stereocenters. The summed E-state index contributed by atoms with van der Waals surface area (Å²) in [6.45, 7) is 6.82. The van der Waals surface area contributed by atoms with Crippen LogP contribution in [0.5, 0.6) is 0 Å². The van der Waals surface area contributed by atoms with Crippen molar-refractivity contribution in [2.24, 2.45) is 23.2 Å². The molecule has 0 aliphatic heterocycles. The molecular weight excluding hydrogens is 188 g/mol. The van der Waals surface area contributed by atoms with E-state index in [0.29, 0.717) is 23.2 Å². The van der Waals surface area contributed by atoms with Crippen molar-refractivity contribution in [1.29, 1.82) is 0 Å². The number of rotatable bonds is 1. The fourth-order valence-corrected chi connectivity index (χ4v) is 3.43. The van der Waals surface area contributed by atoms with Gasteiger partial charge in [0.2, 0.25) is 0 Å². The average Bonchev–Trinajstić information content (AvgIpc) is 2.19. The Morgan fingerprint density at radius 2 is 2.13 bits per heavy atom. The molecule has 15 heavy (non-hydrogen) atoms. The van der Waals surface area contributed by atoms with E-state index in [0.717, 1.165) is 6.42 Å². The topological polar surface area (TPSA) is 26.3 Å². The summed E-state index contributed by atoms with van der Waals surface area (Å²) in [5.41, 5.74) is 0.429. The summed E-state index contributed by atoms with van der Waals surface area (Å²) < 4.78 is 5.27. The molecule has 0 aromatic heterocycles. The molecular formula is C13H18O2. The minimum absolute atomic E-state index is 0.0466. The number of hydrogen-bond donors (Lipinski definition) is 0. The first kappa shape index (κ1) is 10.5. The maximum atomic E-state index is 11.1. The van der Waals surface area contributed by atoms with Gasteiger partial charge in [0.25, 0.3) is 0 Å². The van der Waals surface area contributed by atoms with Gasteiger partial charge < -0.3 is 4.74 Å². The fraction of sp³-hybridized carbons (Fsp3) is 0.769. The molecule has 0 N–H and O–H groups in total. The third kappa shape index (κ3) is 1.45. The molecule has 3 aliphatic rings. The molecule has 3 aliphatic carbocycles. The Labute approximate surface area is 91.4 Å². The first-order valence-corrected chi connectivity index (χ1v) is 5.64. The number of carbonyl (C=O) groups is 1. The van der Waals surface area contributed by atoms with Gasteiger partial charge >= 0.3 is 5.97 Å². The summed E-state index contributed by atoms with van der Waals surface area (Å²) >= 11 is 0. The van der Waals surface area contributed by atoms with E-state index in [9.17, 15) is 4.79 Å². The van der Waals surface area contributed by atoms with E-state index in [1.54, 1.807) is 0 Å². The third-order valence-corrected chi connectivity index (χ3v) is 4.66. The Balaban J connectivity index is 2.03. The van der Waals surface area contributed by atoms with E-state index in [4.69, 9.17) is 11.2 Å². The zero-order valence-electron chi connectivity index (χ0n) is 9.62. The lowest BCUT2D eigenvalue weighted by atomic mass is 9.45. The van der Waals surface area contributed by atoms with Gasteiger partial charge in [-0.05, 0) is 36.0 Å². The molecule has 3 rings (SSSR count). The van der Waals surface area contributed by atoms with E-state index in [1.165, 1.54) is 6.42 Å². The van der Waals surface area contributed by atoms with Crippen LogP contribution in [-0.4, -0.2) is 12.1 Å². The number of carbonyl (C=O) groups excluding carboxylic acids is 1. The molecule has 0 aromatic rings. The van der Waals surface area contributed by atoms with E-state index >= 15 is 0 Å². The normalized spacial score (nSPS) is 41.2. The highest BCUT2D eigenvalue weighted by Gasteiger charge is 2.57. The Kier molecular flexibility index (Phi) is 2.30. The molecule has 0 heterocycles. The van der Waals surface area contributed by atoms with Crippen molar-refractivity contribution in [1.82, 2.24) is 0 Å². The van der Waals surface area contributed by atoms with Crippen molar-refractivity contribution in [3.8, 4) is 12.3 Å². The van der Waals surface area contributed by atoms with Crippen LogP contribution in [0.3, 0.4) is 0 Å². The smallest absolute Gasteiger partial charge is 0.384 e. The zero-order valence-corrected chi connectivity index (χ0v) is 9.62. The number of esters is 1. The molecule has 2 nitrogen and oxygen atoms in total. The predicted octanol–water partition coefficient (Wildman–Crippen LogP) is 2.23. The second-order valence-electron chi connectivity index (χ2n) is 5.54. The quantitative estimate of drug-likeness (QED) is 0.373. The van der Waals surface area contributed by atoms with Crippen molar-refractivity contribution in [3.63, 3.8) is 0 Å². The van der Waals surface area contributed by atoms with E-state index < -0.39 is 5.97 Å². The summed E-state index contributed by atoms with van der Waals surface area (Å²) in [6.07, 6.45) is 7.33. The maximum Gasteiger partial charge on any atom is 0.384 e. The molecule has 3 fully saturated rings. The Morgan fingerprint density at radius 3 is 2.60 bits per heavy atom. The van der Waals surface area contributed by atoms with Crippen molar-refractivity contribution in [3.05, 3.63) is 0 Å². The predicted molar refractivity (Wildman–Crippen MR) is 57.9 cm³/mol. The van der Waals surface area contributed by atoms with Crippen LogP contribution in [0, 0.1) is 35.5 Å². The highest BCUT2D eigenvalue weighted by Crippen LogP contribution is 2.61. The van der Waals surface area contributed by atoms with Crippen molar-refractivity contribution in [2.75, 3.05) is 0 Å². The number of fused-ring (bicyclic) bond motifs is 2. The van der Waals surface area contributed by atoms with Gasteiger partial charge in [-0.2, -0.15) is 0 Å². The largest absolute Gasteiger partial charge is 0.452 e. The maximum absolute atomic E-state index is 11.1. The monoisotopic (exact) mass is 206 g/mol. The Morgan fingerprint density at radius 1 is 1.47 bits per heavy atom. The summed E-state index contributed by atoms with van der Waals surface area (Å²) in [7, 11) is 0. The molecule has 4 atom stereocenters. The van der Waals surface area contributed by atoms with Gasteiger partial charge in [0.1, 0.15) is 6.10 Å². The van der Waals surface area contributed by atoms with Crippen molar-refractivity contribution >= 4 is 5.97 Å². The van der Waals surface area contributed by atoms with Crippen LogP contribution in [0.15, 0.2) is 0 Å². The highest BCUT2D eigenvalue weighted by molar-refractivity contribution is 5.87. The van der Waals surface area contributed by atoms with Crippen LogP contribution in [0.25, 0.3) is 0 Å². The highest BCUT2D eigenvalue weighted by atomic mass is 16.5. The second-order valence-corrected chi connectivity index (χ2v) is 5.54. The molecule has 0 radical (unpaired) electrons. The van der Waals surface area contributed by atoms with Gasteiger partial charge in [-0.1, -0.05) is 20.8 Å². The Bertz CT molecular complexity index is 324. The van der Waals surface area contributed by atoms with Gasteiger partial charge in [0.15, 0.2) is 0 Å². The SMILES string of the molecule is C#CC(=O)O[C@@H]1CC2CC([C@H]1C)C2(C)C. The molecule has 2 bridgehead atoms. The molecule has 0 spiro atoms. The molecule has 0 saturated heterocycles. The first-order valence-electron chi connectivity index (χ1n) is 5.64. The van der Waals surface area contributed by atoms with Gasteiger partial charge in [-0.3, -0.25) is 0 Å². The van der Waals surface area contributed by atoms with Gasteiger partial charge in [-0.25, -0.2) is 4.79 Å². The minimum Gasteiger partial charge on any atom is -0.452 e. The van der Waals surface area contributed by atoms with Crippen LogP contribution in [0.4, 0.5) is 0 Å². The van der Waals surface area contributed by atoms with Gasteiger partial charge in [0, 0.05) is 5.92 Å². The molecule has 2 heteroatoms. The van der Waals surface area contributed by atoms with E-state index in [2.05, 4.69) is 20.8 Å². The van der Waals surface area contributed by atoms with Crippen molar-refractivity contribution in [2.45, 2.75) is 39.7 Å². The lowest BCUT2D eigenvalue weighted by Gasteiger charge is -2.61. The minimum atomic E-state index is -0.508. The van der Waals surface area contributed by atoms with Crippen LogP contribution in [-0.2, 0) is 9.53 Å². The summed E-state index contributed by atoms with van der Waals surface area (Å²) in [5, 5.41) is 0. The van der Waals surface area contributed by atoms with Gasteiger partial charge in [-0.15, -0.1) is 6.42 Å². The van der Waals surface area contributed by atoms with Gasteiger partial charge in [0.05, 0.1) is 0 Å².